The van der Waals surface area contributed by atoms with Gasteiger partial charge in [-0.3, -0.25) is 4.79 Å². The van der Waals surface area contributed by atoms with Crippen molar-refractivity contribution >= 4 is 33.0 Å². The van der Waals surface area contributed by atoms with Gasteiger partial charge in [-0.25, -0.2) is 13.1 Å². The second-order valence-corrected chi connectivity index (χ2v) is 8.95. The minimum Gasteiger partial charge on any atom is -0.468 e. The molecular weight excluding hydrogens is 384 g/mol. The summed E-state index contributed by atoms with van der Waals surface area (Å²) in [7, 11) is -3.72. The monoisotopic (exact) mass is 404 g/mol. The Bertz CT molecular complexity index is 1040. The van der Waals surface area contributed by atoms with Crippen molar-refractivity contribution in [1.82, 2.24) is 4.72 Å². The van der Waals surface area contributed by atoms with Gasteiger partial charge >= 0.3 is 0 Å². The Hall–Kier alpha value is -2.42. The van der Waals surface area contributed by atoms with Gasteiger partial charge in [0.2, 0.25) is 10.0 Å². The zero-order chi connectivity index (χ0) is 19.4. The first-order valence-corrected chi connectivity index (χ1v) is 10.7. The van der Waals surface area contributed by atoms with Gasteiger partial charge in [-0.1, -0.05) is 13.0 Å². The summed E-state index contributed by atoms with van der Waals surface area (Å²) in [6, 6.07) is 11.4. The first kappa shape index (κ1) is 19.3. The second kappa shape index (κ2) is 8.08. The molecule has 0 aliphatic heterocycles. The van der Waals surface area contributed by atoms with Crippen LogP contribution in [0.2, 0.25) is 0 Å². The Morgan fingerprint density at radius 1 is 1.19 bits per heavy atom. The van der Waals surface area contributed by atoms with Crippen LogP contribution in [0.15, 0.2) is 58.0 Å². The van der Waals surface area contributed by atoms with Crippen molar-refractivity contribution in [3.05, 3.63) is 69.8 Å². The van der Waals surface area contributed by atoms with Crippen LogP contribution in [0.5, 0.6) is 0 Å². The van der Waals surface area contributed by atoms with Gasteiger partial charge in [-0.05, 0) is 55.3 Å². The van der Waals surface area contributed by atoms with E-state index in [9.17, 15) is 13.2 Å². The van der Waals surface area contributed by atoms with Gasteiger partial charge in [0, 0.05) is 10.6 Å². The van der Waals surface area contributed by atoms with Crippen LogP contribution in [0, 0.1) is 6.92 Å². The van der Waals surface area contributed by atoms with E-state index in [2.05, 4.69) is 10.0 Å². The minimum atomic E-state index is -3.72. The molecule has 0 aliphatic carbocycles. The van der Waals surface area contributed by atoms with E-state index in [0.29, 0.717) is 16.3 Å². The number of rotatable bonds is 7. The number of hydrogen-bond donors (Lipinski definition) is 2. The van der Waals surface area contributed by atoms with Crippen molar-refractivity contribution in [2.24, 2.45) is 0 Å². The SMILES string of the molecule is CCc1cc(C(=O)Nc2cccc(S(=O)(=O)NCc3ccco3)c2)sc1C. The van der Waals surface area contributed by atoms with Gasteiger partial charge in [-0.15, -0.1) is 11.3 Å². The van der Waals surface area contributed by atoms with Gasteiger partial charge < -0.3 is 9.73 Å². The minimum absolute atomic E-state index is 0.0557. The van der Waals surface area contributed by atoms with Crippen LogP contribution in [-0.2, 0) is 23.0 Å². The number of thiophene rings is 1. The zero-order valence-corrected chi connectivity index (χ0v) is 16.6. The summed E-state index contributed by atoms with van der Waals surface area (Å²) in [5.74, 6) is 0.267. The highest BCUT2D eigenvalue weighted by Gasteiger charge is 2.16. The van der Waals surface area contributed by atoms with Crippen molar-refractivity contribution < 1.29 is 17.6 Å². The lowest BCUT2D eigenvalue weighted by Gasteiger charge is -2.08. The van der Waals surface area contributed by atoms with Crippen molar-refractivity contribution in [2.75, 3.05) is 5.32 Å². The quantitative estimate of drug-likeness (QED) is 0.624. The van der Waals surface area contributed by atoms with Crippen molar-refractivity contribution in [3.63, 3.8) is 0 Å². The summed E-state index contributed by atoms with van der Waals surface area (Å²) in [6.07, 6.45) is 2.35. The lowest BCUT2D eigenvalue weighted by Crippen LogP contribution is -2.23. The average molecular weight is 405 g/mol. The van der Waals surface area contributed by atoms with E-state index < -0.39 is 10.0 Å². The molecule has 8 heteroatoms. The fourth-order valence-corrected chi connectivity index (χ4v) is 4.63. The summed E-state index contributed by atoms with van der Waals surface area (Å²) in [4.78, 5) is 14.2. The highest BCUT2D eigenvalue weighted by atomic mass is 32.2. The molecule has 3 rings (SSSR count). The molecule has 0 fully saturated rings. The molecule has 0 saturated carbocycles. The van der Waals surface area contributed by atoms with Gasteiger partial charge in [0.15, 0.2) is 0 Å². The number of anilines is 1. The third-order valence-electron chi connectivity index (χ3n) is 4.04. The van der Waals surface area contributed by atoms with Gasteiger partial charge in [0.05, 0.1) is 22.6 Å². The van der Waals surface area contributed by atoms with Crippen LogP contribution >= 0.6 is 11.3 Å². The van der Waals surface area contributed by atoms with E-state index >= 15 is 0 Å². The molecule has 27 heavy (non-hydrogen) atoms. The lowest BCUT2D eigenvalue weighted by molar-refractivity contribution is 0.103. The standard InChI is InChI=1S/C19H20N2O4S2/c1-3-14-10-18(26-13(14)2)19(22)21-15-6-4-8-17(11-15)27(23,24)20-12-16-7-5-9-25-16/h4-11,20H,3,12H2,1-2H3,(H,21,22). The van der Waals surface area contributed by atoms with E-state index in [-0.39, 0.29) is 17.3 Å². The Labute approximate surface area is 162 Å². The molecule has 1 aromatic carbocycles. The number of hydrogen-bond acceptors (Lipinski definition) is 5. The molecule has 6 nitrogen and oxygen atoms in total. The zero-order valence-electron chi connectivity index (χ0n) is 15.0. The second-order valence-electron chi connectivity index (χ2n) is 5.93. The van der Waals surface area contributed by atoms with E-state index in [0.717, 1.165) is 16.9 Å². The molecule has 1 amide bonds. The van der Waals surface area contributed by atoms with Crippen LogP contribution < -0.4 is 10.0 Å². The molecule has 0 aliphatic rings. The van der Waals surface area contributed by atoms with E-state index in [4.69, 9.17) is 4.42 Å². The molecule has 0 spiro atoms. The van der Waals surface area contributed by atoms with Gasteiger partial charge in [0.1, 0.15) is 5.76 Å². The predicted octanol–water partition coefficient (Wildman–Crippen LogP) is 3.94. The molecule has 0 saturated heterocycles. The third-order valence-corrected chi connectivity index (χ3v) is 6.53. The van der Waals surface area contributed by atoms with E-state index in [1.54, 1.807) is 24.3 Å². The molecule has 2 aromatic heterocycles. The number of sulfonamides is 1. The summed E-state index contributed by atoms with van der Waals surface area (Å²) < 4.78 is 32.5. The lowest BCUT2D eigenvalue weighted by atomic mass is 10.2. The molecule has 0 bridgehead atoms. The number of carbonyl (C=O) groups excluding carboxylic acids is 1. The maximum absolute atomic E-state index is 12.5. The number of benzene rings is 1. The van der Waals surface area contributed by atoms with Gasteiger partial charge in [0.25, 0.3) is 5.91 Å². The molecule has 142 valence electrons. The molecule has 0 unspecified atom stereocenters. The number of amides is 1. The van der Waals surface area contributed by atoms with E-state index in [1.165, 1.54) is 29.7 Å². The van der Waals surface area contributed by atoms with Crippen LogP contribution in [0.3, 0.4) is 0 Å². The summed E-state index contributed by atoms with van der Waals surface area (Å²) in [5, 5.41) is 2.77. The maximum atomic E-state index is 12.5. The largest absolute Gasteiger partial charge is 0.468 e. The normalized spacial score (nSPS) is 11.5. The number of aryl methyl sites for hydroxylation is 2. The number of carbonyl (C=O) groups is 1. The Balaban J connectivity index is 1.73. The summed E-state index contributed by atoms with van der Waals surface area (Å²) in [6.45, 7) is 4.08. The molecule has 2 heterocycles. The first-order chi connectivity index (χ1) is 12.9. The Kier molecular flexibility index (Phi) is 5.79. The molecule has 3 aromatic rings. The fourth-order valence-electron chi connectivity index (χ4n) is 2.58. The average Bonchev–Trinajstić information content (AvgIpc) is 3.29. The Morgan fingerprint density at radius 2 is 2.00 bits per heavy atom. The summed E-state index contributed by atoms with van der Waals surface area (Å²) in [5.41, 5.74) is 1.56. The van der Waals surface area contributed by atoms with E-state index in [1.807, 2.05) is 19.9 Å². The summed E-state index contributed by atoms with van der Waals surface area (Å²) >= 11 is 1.43. The van der Waals surface area contributed by atoms with Crippen LogP contribution in [-0.4, -0.2) is 14.3 Å². The van der Waals surface area contributed by atoms with Gasteiger partial charge in [-0.2, -0.15) is 0 Å². The van der Waals surface area contributed by atoms with Crippen molar-refractivity contribution in [1.29, 1.82) is 0 Å². The molecule has 0 atom stereocenters. The number of nitrogens with one attached hydrogen (secondary N) is 2. The Morgan fingerprint density at radius 3 is 2.67 bits per heavy atom. The highest BCUT2D eigenvalue weighted by molar-refractivity contribution is 7.89. The van der Waals surface area contributed by atoms with Crippen LogP contribution in [0.25, 0.3) is 0 Å². The number of furan rings is 1. The highest BCUT2D eigenvalue weighted by Crippen LogP contribution is 2.24. The smallest absolute Gasteiger partial charge is 0.265 e. The molecule has 0 radical (unpaired) electrons. The van der Waals surface area contributed by atoms with Crippen molar-refractivity contribution in [3.8, 4) is 0 Å². The fraction of sp³-hybridized carbons (Fsp3) is 0.211. The first-order valence-electron chi connectivity index (χ1n) is 8.42. The molecular formula is C19H20N2O4S2. The van der Waals surface area contributed by atoms with Crippen molar-refractivity contribution in [2.45, 2.75) is 31.7 Å². The maximum Gasteiger partial charge on any atom is 0.265 e. The predicted molar refractivity (Wildman–Crippen MR) is 106 cm³/mol. The van der Waals surface area contributed by atoms with Crippen LogP contribution in [0.1, 0.15) is 32.8 Å². The topological polar surface area (TPSA) is 88.4 Å². The third kappa shape index (κ3) is 4.65. The molecule has 2 N–H and O–H groups in total. The van der Waals surface area contributed by atoms with Crippen LogP contribution in [0.4, 0.5) is 5.69 Å².